The number of aromatic nitrogens is 2. The number of hydrogen-bond donors (Lipinski definition) is 2. The molecule has 0 radical (unpaired) electrons. The van der Waals surface area contributed by atoms with E-state index in [-0.39, 0.29) is 28.5 Å². The molecular weight excluding hydrogens is 449 g/mol. The highest BCUT2D eigenvalue weighted by Crippen LogP contribution is 2.35. The number of nitrogens with one attached hydrogen (secondary N) is 1. The lowest BCUT2D eigenvalue weighted by Gasteiger charge is -2.30. The number of anilines is 1. The Hall–Kier alpha value is -3.40. The molecule has 1 aromatic heterocycles. The zero-order valence-electron chi connectivity index (χ0n) is 18.9. The second-order valence-corrected chi connectivity index (χ2v) is 8.81. The van der Waals surface area contributed by atoms with Crippen LogP contribution in [0.15, 0.2) is 42.5 Å². The summed E-state index contributed by atoms with van der Waals surface area (Å²) in [6.07, 6.45) is -4.71. The molecular formula is C24H25F3N4O3. The molecule has 0 fully saturated rings. The number of carbonyl (C=O) groups excluding carboxylic acids is 2. The van der Waals surface area contributed by atoms with E-state index in [0.717, 1.165) is 10.1 Å². The molecule has 3 aromatic rings. The van der Waals surface area contributed by atoms with Crippen molar-refractivity contribution < 1.29 is 27.9 Å². The van der Waals surface area contributed by atoms with Crippen molar-refractivity contribution in [2.45, 2.75) is 45.6 Å². The standard InChI is InChI=1S/C24H25F3N4O3/c1-13(2)20(30-11-15-6-4-5-7-17(15)22(30)34)21(33)28-16-8-9-19-18(10-16)29-23(24(25,26)27)31(19)14(3)12-32/h4-10,13-14,20,32H,11-12H2,1-3H3,(H,28,33)/t14?,20-/m0/s1. The lowest BCUT2D eigenvalue weighted by molar-refractivity contribution is -0.147. The molecule has 4 rings (SSSR count). The molecule has 2 amide bonds. The Labute approximate surface area is 194 Å². The lowest BCUT2D eigenvalue weighted by atomic mass is 10.0. The minimum Gasteiger partial charge on any atom is -0.394 e. The van der Waals surface area contributed by atoms with E-state index in [1.54, 1.807) is 12.1 Å². The van der Waals surface area contributed by atoms with Gasteiger partial charge < -0.3 is 19.9 Å². The van der Waals surface area contributed by atoms with Crippen molar-refractivity contribution in [1.82, 2.24) is 14.5 Å². The van der Waals surface area contributed by atoms with Gasteiger partial charge in [0.2, 0.25) is 11.7 Å². The van der Waals surface area contributed by atoms with Gasteiger partial charge in [-0.25, -0.2) is 4.98 Å². The largest absolute Gasteiger partial charge is 0.449 e. The monoisotopic (exact) mass is 474 g/mol. The van der Waals surface area contributed by atoms with Gasteiger partial charge in [0.05, 0.1) is 23.7 Å². The SMILES string of the molecule is CC(C)[C@@H](C(=O)Nc1ccc2c(c1)nc(C(F)(F)F)n2C(C)CO)N1Cc2ccccc2C1=O. The van der Waals surface area contributed by atoms with Crippen molar-refractivity contribution in [3.8, 4) is 0 Å². The number of aliphatic hydroxyl groups excluding tert-OH is 1. The van der Waals surface area contributed by atoms with E-state index in [2.05, 4.69) is 10.3 Å². The fourth-order valence-corrected chi connectivity index (χ4v) is 4.43. The first-order chi connectivity index (χ1) is 16.0. The van der Waals surface area contributed by atoms with Crippen molar-refractivity contribution in [3.05, 3.63) is 59.4 Å². The van der Waals surface area contributed by atoms with Crippen LogP contribution in [0.25, 0.3) is 11.0 Å². The Balaban J connectivity index is 1.64. The molecule has 0 bridgehead atoms. The second-order valence-electron chi connectivity index (χ2n) is 8.81. The van der Waals surface area contributed by atoms with Crippen LogP contribution >= 0.6 is 0 Å². The number of nitrogens with zero attached hydrogens (tertiary/aromatic N) is 3. The Morgan fingerprint density at radius 2 is 1.88 bits per heavy atom. The zero-order chi connectivity index (χ0) is 24.8. The fourth-order valence-electron chi connectivity index (χ4n) is 4.43. The summed E-state index contributed by atoms with van der Waals surface area (Å²) in [4.78, 5) is 31.4. The van der Waals surface area contributed by atoms with Crippen LogP contribution in [-0.4, -0.2) is 44.0 Å². The highest BCUT2D eigenvalue weighted by molar-refractivity contribution is 6.04. The predicted molar refractivity (Wildman–Crippen MR) is 120 cm³/mol. The molecule has 10 heteroatoms. The first kappa shape index (κ1) is 23.7. The average molecular weight is 474 g/mol. The van der Waals surface area contributed by atoms with Crippen LogP contribution in [0.1, 0.15) is 48.6 Å². The molecule has 0 spiro atoms. The highest BCUT2D eigenvalue weighted by Gasteiger charge is 2.39. The van der Waals surface area contributed by atoms with Crippen molar-refractivity contribution >= 4 is 28.5 Å². The van der Waals surface area contributed by atoms with Crippen LogP contribution in [0.3, 0.4) is 0 Å². The molecule has 0 aliphatic carbocycles. The van der Waals surface area contributed by atoms with Gasteiger partial charge in [0.1, 0.15) is 6.04 Å². The Bertz CT molecular complexity index is 1250. The summed E-state index contributed by atoms with van der Waals surface area (Å²) in [7, 11) is 0. The number of benzene rings is 2. The minimum atomic E-state index is -4.71. The van der Waals surface area contributed by atoms with Crippen molar-refractivity contribution in [1.29, 1.82) is 0 Å². The molecule has 180 valence electrons. The van der Waals surface area contributed by atoms with E-state index in [4.69, 9.17) is 0 Å². The van der Waals surface area contributed by atoms with Crippen molar-refractivity contribution in [3.63, 3.8) is 0 Å². The molecule has 2 atom stereocenters. The quantitative estimate of drug-likeness (QED) is 0.560. The molecule has 0 saturated heterocycles. The topological polar surface area (TPSA) is 87.5 Å². The van der Waals surface area contributed by atoms with Crippen LogP contribution in [-0.2, 0) is 17.5 Å². The van der Waals surface area contributed by atoms with Gasteiger partial charge in [-0.2, -0.15) is 13.2 Å². The number of alkyl halides is 3. The predicted octanol–water partition coefficient (Wildman–Crippen LogP) is 4.23. The molecule has 7 nitrogen and oxygen atoms in total. The average Bonchev–Trinajstić information content (AvgIpc) is 3.31. The molecule has 1 unspecified atom stereocenters. The molecule has 1 aliphatic heterocycles. The van der Waals surface area contributed by atoms with Gasteiger partial charge >= 0.3 is 6.18 Å². The van der Waals surface area contributed by atoms with Crippen LogP contribution < -0.4 is 5.32 Å². The summed E-state index contributed by atoms with van der Waals surface area (Å²) in [6, 6.07) is 9.85. The summed E-state index contributed by atoms with van der Waals surface area (Å²) in [5, 5.41) is 12.2. The summed E-state index contributed by atoms with van der Waals surface area (Å²) < 4.78 is 41.6. The summed E-state index contributed by atoms with van der Waals surface area (Å²) in [5.74, 6) is -1.99. The molecule has 2 aromatic carbocycles. The molecule has 2 N–H and O–H groups in total. The number of aliphatic hydroxyl groups is 1. The van der Waals surface area contributed by atoms with Crippen LogP contribution in [0, 0.1) is 5.92 Å². The lowest BCUT2D eigenvalue weighted by Crippen LogP contribution is -2.47. The van der Waals surface area contributed by atoms with Gasteiger partial charge in [0, 0.05) is 17.8 Å². The third kappa shape index (κ3) is 4.13. The van der Waals surface area contributed by atoms with Crippen LogP contribution in [0.2, 0.25) is 0 Å². The van der Waals surface area contributed by atoms with E-state index < -0.39 is 36.6 Å². The van der Waals surface area contributed by atoms with E-state index >= 15 is 0 Å². The van der Waals surface area contributed by atoms with Gasteiger partial charge in [-0.05, 0) is 42.7 Å². The van der Waals surface area contributed by atoms with E-state index in [1.807, 2.05) is 26.0 Å². The van der Waals surface area contributed by atoms with E-state index in [1.165, 1.54) is 30.0 Å². The van der Waals surface area contributed by atoms with E-state index in [9.17, 15) is 27.9 Å². The summed E-state index contributed by atoms with van der Waals surface area (Å²) >= 11 is 0. The number of hydrogen-bond acceptors (Lipinski definition) is 4. The summed E-state index contributed by atoms with van der Waals surface area (Å²) in [5.41, 5.74) is 1.90. The number of rotatable bonds is 6. The van der Waals surface area contributed by atoms with Gasteiger partial charge in [-0.1, -0.05) is 32.0 Å². The molecule has 1 aliphatic rings. The van der Waals surface area contributed by atoms with Crippen LogP contribution in [0.5, 0.6) is 0 Å². The van der Waals surface area contributed by atoms with Crippen molar-refractivity contribution in [2.24, 2.45) is 5.92 Å². The first-order valence-electron chi connectivity index (χ1n) is 10.9. The molecule has 2 heterocycles. The van der Waals surface area contributed by atoms with Gasteiger partial charge in [0.15, 0.2) is 0 Å². The first-order valence-corrected chi connectivity index (χ1v) is 10.9. The Morgan fingerprint density at radius 3 is 2.50 bits per heavy atom. The maximum absolute atomic E-state index is 13.5. The third-order valence-corrected chi connectivity index (χ3v) is 6.00. The normalized spacial score (nSPS) is 15.6. The van der Waals surface area contributed by atoms with E-state index in [0.29, 0.717) is 12.1 Å². The van der Waals surface area contributed by atoms with Gasteiger partial charge in [-0.15, -0.1) is 0 Å². The number of carbonyl (C=O) groups is 2. The molecule has 0 saturated carbocycles. The second kappa shape index (κ2) is 8.75. The van der Waals surface area contributed by atoms with Crippen LogP contribution in [0.4, 0.5) is 18.9 Å². The number of fused-ring (bicyclic) bond motifs is 2. The highest BCUT2D eigenvalue weighted by atomic mass is 19.4. The number of halogens is 3. The maximum atomic E-state index is 13.5. The Kier molecular flexibility index (Phi) is 6.11. The summed E-state index contributed by atoms with van der Waals surface area (Å²) in [6.45, 7) is 4.94. The smallest absolute Gasteiger partial charge is 0.394 e. The molecule has 34 heavy (non-hydrogen) atoms. The van der Waals surface area contributed by atoms with Crippen molar-refractivity contribution in [2.75, 3.05) is 11.9 Å². The van der Waals surface area contributed by atoms with Gasteiger partial charge in [-0.3, -0.25) is 9.59 Å². The Morgan fingerprint density at radius 1 is 1.18 bits per heavy atom. The maximum Gasteiger partial charge on any atom is 0.449 e. The minimum absolute atomic E-state index is 0.0381. The number of imidazole rings is 1. The fraction of sp³-hybridized carbons (Fsp3) is 0.375. The number of amides is 2. The van der Waals surface area contributed by atoms with Gasteiger partial charge in [0.25, 0.3) is 5.91 Å². The third-order valence-electron chi connectivity index (χ3n) is 6.00. The zero-order valence-corrected chi connectivity index (χ0v) is 18.9.